The molecule has 9 rings (SSSR count). The molecule has 0 aromatic heterocycles. The van der Waals surface area contributed by atoms with Crippen LogP contribution >= 0.6 is 0 Å². The van der Waals surface area contributed by atoms with Crippen LogP contribution in [0.3, 0.4) is 0 Å². The van der Waals surface area contributed by atoms with Gasteiger partial charge in [0, 0.05) is 10.8 Å². The van der Waals surface area contributed by atoms with Crippen LogP contribution in [-0.4, -0.2) is 25.5 Å². The van der Waals surface area contributed by atoms with Crippen molar-refractivity contribution in [3.63, 3.8) is 0 Å². The molecule has 0 saturated carbocycles. The second-order valence-corrected chi connectivity index (χ2v) is 16.3. The number of rotatable bonds is 3. The van der Waals surface area contributed by atoms with Gasteiger partial charge in [0.1, 0.15) is 0 Å². The van der Waals surface area contributed by atoms with Crippen molar-refractivity contribution in [2.75, 3.05) is 0 Å². The van der Waals surface area contributed by atoms with Crippen LogP contribution in [-0.2, 0) is 10.8 Å². The fourth-order valence-corrected chi connectivity index (χ4v) is 9.46. The summed E-state index contributed by atoms with van der Waals surface area (Å²) in [5, 5.41) is 55.5. The molecule has 0 fully saturated rings. The van der Waals surface area contributed by atoms with Gasteiger partial charge in [0.05, 0.1) is 5.56 Å². The van der Waals surface area contributed by atoms with Crippen molar-refractivity contribution < 1.29 is 25.5 Å². The molecule has 0 spiro atoms. The van der Waals surface area contributed by atoms with E-state index in [4.69, 9.17) is 0 Å². The zero-order valence-corrected chi connectivity index (χ0v) is 33.4. The van der Waals surface area contributed by atoms with Gasteiger partial charge in [0.15, 0.2) is 11.5 Å². The van der Waals surface area contributed by atoms with Crippen LogP contribution in [0.5, 0.6) is 28.7 Å². The molecular weight excluding hydrogens is 717 g/mol. The molecule has 58 heavy (non-hydrogen) atoms. The first kappa shape index (κ1) is 38.2. The number of hydrogen-bond donors (Lipinski definition) is 5. The van der Waals surface area contributed by atoms with E-state index in [0.717, 1.165) is 39.1 Å². The van der Waals surface area contributed by atoms with Gasteiger partial charge in [-0.15, -0.1) is 13.2 Å². The maximum absolute atomic E-state index is 11.1. The number of hydrogen-bond acceptors (Lipinski definition) is 5. The zero-order valence-electron chi connectivity index (χ0n) is 33.4. The van der Waals surface area contributed by atoms with Crippen LogP contribution in [0.2, 0.25) is 0 Å². The molecule has 4 aliphatic carbocycles. The van der Waals surface area contributed by atoms with E-state index in [-0.39, 0.29) is 16.4 Å². The van der Waals surface area contributed by atoms with Gasteiger partial charge in [-0.25, -0.2) is 0 Å². The molecule has 4 aliphatic rings. The Hall–Kier alpha value is -6.72. The standard InChI is InChI=1S/C51H44O5.C2H4/c1-50(2)40-20-11-9-17-35(40)37-19-13-14-29(27-42(37)50)32-15-7-5-6-8-16-33(30-22-25-38-36-18-10-12-21-41(36)51(3,4)43(38)28-30)39-26-31(23-24-34(32)39)44-45(52)47(54)49(56)48(55)46(44)53;1-2/h5-12,14,17-28,52-56H,13,15-16H2,1-4H3;1-2H2/b7-5-,8-6-,34-32+,39-33+;. The molecule has 0 saturated heterocycles. The lowest BCUT2D eigenvalue weighted by molar-refractivity contribution is 0.330. The first-order valence-electron chi connectivity index (χ1n) is 19.7. The predicted molar refractivity (Wildman–Crippen MR) is 236 cm³/mol. The predicted octanol–water partition coefficient (Wildman–Crippen LogP) is 10.9. The van der Waals surface area contributed by atoms with E-state index in [9.17, 15) is 25.5 Å². The van der Waals surface area contributed by atoms with Crippen molar-refractivity contribution in [2.24, 2.45) is 0 Å². The molecule has 0 aliphatic heterocycles. The minimum absolute atomic E-state index is 0.172. The van der Waals surface area contributed by atoms with Gasteiger partial charge >= 0.3 is 0 Å². The Kier molecular flexibility index (Phi) is 9.44. The van der Waals surface area contributed by atoms with Crippen molar-refractivity contribution in [3.05, 3.63) is 190 Å². The number of aromatic hydroxyl groups is 5. The first-order chi connectivity index (χ1) is 27.9. The van der Waals surface area contributed by atoms with Crippen LogP contribution in [0.1, 0.15) is 74.8 Å². The van der Waals surface area contributed by atoms with Gasteiger partial charge in [-0.2, -0.15) is 0 Å². The lowest BCUT2D eigenvalue weighted by Gasteiger charge is -2.23. The molecule has 0 atom stereocenters. The van der Waals surface area contributed by atoms with Crippen molar-refractivity contribution in [3.8, 4) is 51.0 Å². The van der Waals surface area contributed by atoms with E-state index in [1.807, 2.05) is 12.1 Å². The Morgan fingerprint density at radius 3 is 1.78 bits per heavy atom. The molecule has 5 heteroatoms. The highest BCUT2D eigenvalue weighted by molar-refractivity contribution is 5.93. The quantitative estimate of drug-likeness (QED) is 0.0715. The molecule has 0 bridgehead atoms. The van der Waals surface area contributed by atoms with E-state index in [1.54, 1.807) is 6.07 Å². The number of phenols is 5. The summed E-state index contributed by atoms with van der Waals surface area (Å²) >= 11 is 0. The summed E-state index contributed by atoms with van der Waals surface area (Å²) in [5.41, 5.74) is 14.3. The maximum Gasteiger partial charge on any atom is 0.208 e. The second kappa shape index (κ2) is 14.3. The fraction of sp³-hybridized carbons (Fsp3) is 0.170. The largest absolute Gasteiger partial charge is 0.504 e. The third kappa shape index (κ3) is 5.84. The summed E-state index contributed by atoms with van der Waals surface area (Å²) in [5.74, 6) is -4.23. The molecule has 0 heterocycles. The molecule has 5 nitrogen and oxygen atoms in total. The van der Waals surface area contributed by atoms with Crippen LogP contribution in [0, 0.1) is 0 Å². The second-order valence-electron chi connectivity index (χ2n) is 16.3. The number of phenolic OH excluding ortho intramolecular Hbond substituents is 5. The Morgan fingerprint density at radius 2 is 1.09 bits per heavy atom. The third-order valence-corrected chi connectivity index (χ3v) is 12.5. The monoisotopic (exact) mass is 764 g/mol. The van der Waals surface area contributed by atoms with Crippen LogP contribution in [0.25, 0.3) is 39.0 Å². The fourth-order valence-electron chi connectivity index (χ4n) is 9.46. The Morgan fingerprint density at radius 1 is 0.517 bits per heavy atom. The molecule has 290 valence electrons. The zero-order chi connectivity index (χ0) is 41.1. The van der Waals surface area contributed by atoms with Crippen LogP contribution in [0.15, 0.2) is 152 Å². The third-order valence-electron chi connectivity index (χ3n) is 12.5. The average molecular weight is 765 g/mol. The van der Waals surface area contributed by atoms with Gasteiger partial charge in [0.2, 0.25) is 17.2 Å². The summed E-state index contributed by atoms with van der Waals surface area (Å²) in [7, 11) is 0. The molecule has 5 aromatic rings. The van der Waals surface area contributed by atoms with Crippen molar-refractivity contribution in [1.29, 1.82) is 0 Å². The summed E-state index contributed by atoms with van der Waals surface area (Å²) < 4.78 is 0. The highest BCUT2D eigenvalue weighted by Crippen LogP contribution is 2.55. The topological polar surface area (TPSA) is 101 Å². The molecule has 0 amide bonds. The average Bonchev–Trinajstić information content (AvgIpc) is 3.44. The van der Waals surface area contributed by atoms with E-state index in [0.29, 0.717) is 18.4 Å². The molecule has 5 N–H and O–H groups in total. The number of fused-ring (bicyclic) bond motifs is 7. The van der Waals surface area contributed by atoms with E-state index in [2.05, 4.69) is 150 Å². The number of allylic oxidation sites excluding steroid dienone is 10. The van der Waals surface area contributed by atoms with Crippen molar-refractivity contribution in [2.45, 2.75) is 57.8 Å². The summed E-state index contributed by atoms with van der Waals surface area (Å²) in [6, 6.07) is 29.7. The van der Waals surface area contributed by atoms with E-state index >= 15 is 0 Å². The van der Waals surface area contributed by atoms with Crippen LogP contribution < -0.4 is 10.4 Å². The Balaban J connectivity index is 0.00000231. The molecule has 0 radical (unpaired) electrons. The highest BCUT2D eigenvalue weighted by Gasteiger charge is 2.39. The van der Waals surface area contributed by atoms with Crippen molar-refractivity contribution >= 4 is 16.7 Å². The Bertz CT molecular complexity index is 2810. The van der Waals surface area contributed by atoms with Crippen LogP contribution in [0.4, 0.5) is 0 Å². The normalized spacial score (nSPS) is 19.9. The van der Waals surface area contributed by atoms with Gasteiger partial charge in [0.25, 0.3) is 0 Å². The minimum atomic E-state index is -0.984. The van der Waals surface area contributed by atoms with Crippen molar-refractivity contribution in [1.82, 2.24) is 0 Å². The van der Waals surface area contributed by atoms with E-state index < -0.39 is 28.7 Å². The molecule has 5 aromatic carbocycles. The van der Waals surface area contributed by atoms with Gasteiger partial charge < -0.3 is 25.5 Å². The Labute approximate surface area is 339 Å². The first-order valence-corrected chi connectivity index (χ1v) is 19.7. The van der Waals surface area contributed by atoms with E-state index in [1.165, 1.54) is 44.5 Å². The van der Waals surface area contributed by atoms with Gasteiger partial charge in [-0.05, 0) is 114 Å². The molecular formula is C53H48O5. The lowest BCUT2D eigenvalue weighted by Crippen LogP contribution is -2.30. The number of benzene rings is 5. The summed E-state index contributed by atoms with van der Waals surface area (Å²) in [4.78, 5) is 0. The lowest BCUT2D eigenvalue weighted by atomic mass is 9.80. The smallest absolute Gasteiger partial charge is 0.208 e. The molecule has 0 unspecified atom stereocenters. The highest BCUT2D eigenvalue weighted by atomic mass is 16.4. The SMILES string of the molecule is C=C.CC1(C)C2=CC(/C3=c4\ccc(-c5c(O)c(O)c(O)c(O)c5O)c\c4=C(/c4ccc5c(c4)C(C)(C)c4ccccc4-5)C/C=C\C=C/C3)=CCC=C2c2ccccc21. The van der Waals surface area contributed by atoms with Gasteiger partial charge in [-0.1, -0.05) is 143 Å². The summed E-state index contributed by atoms with van der Waals surface area (Å²) in [6.07, 6.45) is 17.5. The minimum Gasteiger partial charge on any atom is -0.504 e. The maximum atomic E-state index is 11.1. The van der Waals surface area contributed by atoms with Gasteiger partial charge in [-0.3, -0.25) is 0 Å². The summed E-state index contributed by atoms with van der Waals surface area (Å²) in [6.45, 7) is 15.1.